The Morgan fingerprint density at radius 1 is 1.38 bits per heavy atom. The largest absolute Gasteiger partial charge is 0.469 e. The molecule has 0 unspecified atom stereocenters. The van der Waals surface area contributed by atoms with Gasteiger partial charge in [0.1, 0.15) is 17.7 Å². The lowest BCUT2D eigenvalue weighted by molar-refractivity contribution is -0.140. The molecule has 1 saturated carbocycles. The van der Waals surface area contributed by atoms with Gasteiger partial charge in [-0.1, -0.05) is 37.6 Å². The van der Waals surface area contributed by atoms with Gasteiger partial charge in [-0.2, -0.15) is 0 Å². The van der Waals surface area contributed by atoms with Gasteiger partial charge in [0, 0.05) is 18.8 Å². The van der Waals surface area contributed by atoms with Crippen molar-refractivity contribution in [1.82, 2.24) is 0 Å². The number of hydrogen-bond donors (Lipinski definition) is 1. The highest BCUT2D eigenvalue weighted by molar-refractivity contribution is 5.83. The minimum Gasteiger partial charge on any atom is -0.469 e. The number of Topliss-reactive ketones (excluding diaryl/α,β-unsaturated/α-hetero) is 1. The maximum atomic E-state index is 13.7. The Balaban J connectivity index is 2.47. The molecule has 5 heteroatoms. The van der Waals surface area contributed by atoms with Crippen molar-refractivity contribution >= 4 is 11.8 Å². The van der Waals surface area contributed by atoms with Gasteiger partial charge in [-0.15, -0.1) is 0 Å². The number of halogens is 1. The summed E-state index contributed by atoms with van der Waals surface area (Å²) in [7, 11) is 1.37. The topological polar surface area (TPSA) is 63.6 Å². The highest BCUT2D eigenvalue weighted by atomic mass is 19.1. The number of ether oxygens (including phenoxy) is 1. The van der Waals surface area contributed by atoms with Gasteiger partial charge >= 0.3 is 5.97 Å². The molecule has 0 aromatic rings. The van der Waals surface area contributed by atoms with Gasteiger partial charge in [0.05, 0.1) is 7.11 Å². The number of aliphatic hydroxyl groups excluding tert-OH is 1. The highest BCUT2D eigenvalue weighted by Gasteiger charge is 2.31. The monoisotopic (exact) mass is 366 g/mol. The van der Waals surface area contributed by atoms with Crippen molar-refractivity contribution in [1.29, 1.82) is 0 Å². The van der Waals surface area contributed by atoms with Crippen molar-refractivity contribution in [2.75, 3.05) is 7.11 Å². The summed E-state index contributed by atoms with van der Waals surface area (Å²) >= 11 is 0. The Kier molecular flexibility index (Phi) is 10.8. The van der Waals surface area contributed by atoms with E-state index in [1.54, 1.807) is 6.08 Å². The zero-order valence-corrected chi connectivity index (χ0v) is 15.8. The molecule has 0 aliphatic heterocycles. The molecule has 0 aromatic carbocycles. The van der Waals surface area contributed by atoms with Gasteiger partial charge in [-0.05, 0) is 44.1 Å². The van der Waals surface area contributed by atoms with E-state index in [9.17, 15) is 19.1 Å². The fourth-order valence-electron chi connectivity index (χ4n) is 3.04. The predicted octanol–water partition coefficient (Wildman–Crippen LogP) is 4.44. The first-order valence-electron chi connectivity index (χ1n) is 9.46. The van der Waals surface area contributed by atoms with Crippen LogP contribution in [0.1, 0.15) is 58.3 Å². The first kappa shape index (κ1) is 22.3. The molecule has 1 aliphatic carbocycles. The average molecular weight is 366 g/mol. The summed E-state index contributed by atoms with van der Waals surface area (Å²) in [5, 5.41) is 9.83. The van der Waals surface area contributed by atoms with Crippen LogP contribution < -0.4 is 0 Å². The van der Waals surface area contributed by atoms with E-state index in [0.29, 0.717) is 25.7 Å². The number of esters is 1. The smallest absolute Gasteiger partial charge is 0.305 e. The molecule has 0 aromatic heterocycles. The van der Waals surface area contributed by atoms with Crippen LogP contribution in [0.25, 0.3) is 0 Å². The Hall–Kier alpha value is -1.75. The van der Waals surface area contributed by atoms with Crippen molar-refractivity contribution < 1.29 is 23.8 Å². The second-order valence-corrected chi connectivity index (χ2v) is 6.66. The van der Waals surface area contributed by atoms with Gasteiger partial charge in [0.15, 0.2) is 0 Å². The molecule has 4 nitrogen and oxygen atoms in total. The van der Waals surface area contributed by atoms with Crippen molar-refractivity contribution in [2.45, 2.75) is 64.4 Å². The maximum absolute atomic E-state index is 13.7. The minimum absolute atomic E-state index is 0.0378. The van der Waals surface area contributed by atoms with Crippen LogP contribution in [0.2, 0.25) is 0 Å². The Morgan fingerprint density at radius 3 is 2.85 bits per heavy atom. The predicted molar refractivity (Wildman–Crippen MR) is 100 cm³/mol. The summed E-state index contributed by atoms with van der Waals surface area (Å²) in [5.41, 5.74) is 0. The highest BCUT2D eigenvalue weighted by Crippen LogP contribution is 2.33. The van der Waals surface area contributed by atoms with Crippen LogP contribution in [-0.2, 0) is 14.3 Å². The second kappa shape index (κ2) is 12.6. The molecule has 0 heterocycles. The normalized spacial score (nSPS) is 22.5. The quantitative estimate of drug-likeness (QED) is 0.333. The summed E-state index contributed by atoms with van der Waals surface area (Å²) in [4.78, 5) is 23.1. The molecule has 0 bridgehead atoms. The summed E-state index contributed by atoms with van der Waals surface area (Å²) in [6.07, 6.45) is 12.6. The molecule has 3 atom stereocenters. The average Bonchev–Trinajstić information content (AvgIpc) is 2.99. The second-order valence-electron chi connectivity index (χ2n) is 6.66. The van der Waals surface area contributed by atoms with Crippen LogP contribution in [0.5, 0.6) is 0 Å². The molecule has 1 N–H and O–H groups in total. The molecule has 0 spiro atoms. The Morgan fingerprint density at radius 2 is 2.15 bits per heavy atom. The lowest BCUT2D eigenvalue weighted by Gasteiger charge is -2.13. The van der Waals surface area contributed by atoms with E-state index in [-0.39, 0.29) is 23.6 Å². The third kappa shape index (κ3) is 8.09. The van der Waals surface area contributed by atoms with E-state index in [2.05, 4.69) is 4.74 Å². The van der Waals surface area contributed by atoms with E-state index in [0.717, 1.165) is 25.7 Å². The molecule has 0 radical (unpaired) electrons. The van der Waals surface area contributed by atoms with Crippen molar-refractivity contribution in [3.63, 3.8) is 0 Å². The number of carbonyl (C=O) groups excluding carboxylic acids is 2. The molecular formula is C21H31FO4. The summed E-state index contributed by atoms with van der Waals surface area (Å²) in [6, 6.07) is 0. The number of hydrogen-bond acceptors (Lipinski definition) is 4. The van der Waals surface area contributed by atoms with Gasteiger partial charge in [0.2, 0.25) is 0 Å². The van der Waals surface area contributed by atoms with Crippen molar-refractivity contribution in [2.24, 2.45) is 11.8 Å². The molecular weight excluding hydrogens is 335 g/mol. The molecule has 146 valence electrons. The van der Waals surface area contributed by atoms with Crippen LogP contribution in [0.3, 0.4) is 0 Å². The van der Waals surface area contributed by atoms with E-state index in [4.69, 9.17) is 0 Å². The number of methoxy groups -OCH3 is 1. The third-order valence-electron chi connectivity index (χ3n) is 4.64. The lowest BCUT2D eigenvalue weighted by atomic mass is 9.91. The van der Waals surface area contributed by atoms with E-state index < -0.39 is 11.9 Å². The molecule has 0 amide bonds. The van der Waals surface area contributed by atoms with Crippen molar-refractivity contribution in [3.05, 3.63) is 36.2 Å². The molecule has 26 heavy (non-hydrogen) atoms. The summed E-state index contributed by atoms with van der Waals surface area (Å²) < 4.78 is 18.3. The number of allylic oxidation sites excluding steroid dienone is 4. The fourth-order valence-corrected chi connectivity index (χ4v) is 3.04. The standard InChI is InChI=1S/C21H31FO4/c1-3-4-10-18(22)20(24)15-13-16-12-14-19(23)17(16)9-7-5-6-8-11-21(25)26-2/h5,7,10,13,15-17,20,24H,3-4,6,8-9,11-12,14H2,1-2H3/b7-5-,15-13+,18-10-/t16-,17-,20-/m1/s1. The Labute approximate surface area is 155 Å². The van der Waals surface area contributed by atoms with E-state index >= 15 is 0 Å². The van der Waals surface area contributed by atoms with Gasteiger partial charge in [0.25, 0.3) is 0 Å². The first-order chi connectivity index (χ1) is 12.5. The van der Waals surface area contributed by atoms with Crippen LogP contribution >= 0.6 is 0 Å². The third-order valence-corrected chi connectivity index (χ3v) is 4.64. The SMILES string of the molecule is CCC/C=C(\F)[C@H](O)/C=C/[C@H]1CCC(=O)[C@@H]1C/C=C\CCCC(=O)OC. The molecule has 1 fully saturated rings. The number of carbonyl (C=O) groups is 2. The number of ketones is 1. The van der Waals surface area contributed by atoms with Crippen LogP contribution in [0, 0.1) is 11.8 Å². The van der Waals surface area contributed by atoms with Crippen LogP contribution in [-0.4, -0.2) is 30.1 Å². The molecule has 0 saturated heterocycles. The fraction of sp³-hybridized carbons (Fsp3) is 0.619. The van der Waals surface area contributed by atoms with Crippen LogP contribution in [0.4, 0.5) is 4.39 Å². The van der Waals surface area contributed by atoms with Crippen LogP contribution in [0.15, 0.2) is 36.2 Å². The number of aliphatic hydroxyl groups is 1. The zero-order valence-electron chi connectivity index (χ0n) is 15.8. The maximum Gasteiger partial charge on any atom is 0.305 e. The number of rotatable bonds is 11. The van der Waals surface area contributed by atoms with E-state index in [1.807, 2.05) is 19.1 Å². The molecule has 1 aliphatic rings. The van der Waals surface area contributed by atoms with Gasteiger partial charge in [-0.25, -0.2) is 4.39 Å². The molecule has 1 rings (SSSR count). The first-order valence-corrected chi connectivity index (χ1v) is 9.46. The number of unbranched alkanes of at least 4 members (excludes halogenated alkanes) is 2. The van der Waals surface area contributed by atoms with E-state index in [1.165, 1.54) is 19.3 Å². The minimum atomic E-state index is -1.23. The zero-order chi connectivity index (χ0) is 19.4. The summed E-state index contributed by atoms with van der Waals surface area (Å²) in [5.74, 6) is -0.605. The van der Waals surface area contributed by atoms with Gasteiger partial charge in [-0.3, -0.25) is 9.59 Å². The van der Waals surface area contributed by atoms with Crippen molar-refractivity contribution in [3.8, 4) is 0 Å². The summed E-state index contributed by atoms with van der Waals surface area (Å²) in [6.45, 7) is 1.95. The van der Waals surface area contributed by atoms with Gasteiger partial charge < -0.3 is 9.84 Å². The lowest BCUT2D eigenvalue weighted by Crippen LogP contribution is -2.13. The Bertz CT molecular complexity index is 536.